The zero-order chi connectivity index (χ0) is 13.9. The first-order valence-corrected chi connectivity index (χ1v) is 7.28. The molecule has 0 atom stereocenters. The molecular formula is C15H14BrN3O. The number of aromatic nitrogens is 1. The SMILES string of the molecule is O=C(Nc1ncccc1Br)c1cccc2c1CCNC2. The van der Waals surface area contributed by atoms with Crippen molar-refractivity contribution in [2.45, 2.75) is 13.0 Å². The maximum atomic E-state index is 12.4. The van der Waals surface area contributed by atoms with Gasteiger partial charge in [-0.3, -0.25) is 4.79 Å². The molecule has 0 bridgehead atoms. The molecule has 1 aliphatic rings. The van der Waals surface area contributed by atoms with Crippen LogP contribution in [-0.4, -0.2) is 17.4 Å². The number of carbonyl (C=O) groups excluding carboxylic acids is 1. The van der Waals surface area contributed by atoms with E-state index >= 15 is 0 Å². The van der Waals surface area contributed by atoms with Gasteiger partial charge in [0.1, 0.15) is 5.82 Å². The van der Waals surface area contributed by atoms with Gasteiger partial charge in [0.2, 0.25) is 0 Å². The Morgan fingerprint density at radius 3 is 3.05 bits per heavy atom. The molecule has 2 aromatic rings. The van der Waals surface area contributed by atoms with Gasteiger partial charge in [0.15, 0.2) is 0 Å². The van der Waals surface area contributed by atoms with Crippen molar-refractivity contribution in [1.82, 2.24) is 10.3 Å². The number of rotatable bonds is 2. The highest BCUT2D eigenvalue weighted by atomic mass is 79.9. The number of pyridine rings is 1. The van der Waals surface area contributed by atoms with E-state index in [1.807, 2.05) is 24.3 Å². The van der Waals surface area contributed by atoms with Crippen LogP contribution >= 0.6 is 15.9 Å². The Morgan fingerprint density at radius 2 is 2.20 bits per heavy atom. The number of hydrogen-bond donors (Lipinski definition) is 2. The molecule has 0 unspecified atom stereocenters. The summed E-state index contributed by atoms with van der Waals surface area (Å²) in [5.74, 6) is 0.437. The van der Waals surface area contributed by atoms with Crippen LogP contribution in [0.1, 0.15) is 21.5 Å². The molecule has 0 saturated carbocycles. The van der Waals surface area contributed by atoms with E-state index in [4.69, 9.17) is 0 Å². The van der Waals surface area contributed by atoms with E-state index in [0.29, 0.717) is 5.82 Å². The van der Waals surface area contributed by atoms with Gasteiger partial charge >= 0.3 is 0 Å². The number of nitrogens with zero attached hydrogens (tertiary/aromatic N) is 1. The molecule has 3 rings (SSSR count). The highest BCUT2D eigenvalue weighted by Gasteiger charge is 2.18. The van der Waals surface area contributed by atoms with Gasteiger partial charge in [0.05, 0.1) is 4.47 Å². The molecule has 1 aromatic carbocycles. The van der Waals surface area contributed by atoms with Crippen molar-refractivity contribution in [2.24, 2.45) is 0 Å². The number of halogens is 1. The lowest BCUT2D eigenvalue weighted by atomic mass is 9.95. The van der Waals surface area contributed by atoms with Crippen LogP contribution in [0, 0.1) is 0 Å². The highest BCUT2D eigenvalue weighted by Crippen LogP contribution is 2.22. The molecule has 20 heavy (non-hydrogen) atoms. The van der Waals surface area contributed by atoms with Gasteiger partial charge in [-0.05, 0) is 58.2 Å². The van der Waals surface area contributed by atoms with Crippen LogP contribution in [0.3, 0.4) is 0 Å². The van der Waals surface area contributed by atoms with E-state index in [1.165, 1.54) is 5.56 Å². The second-order valence-electron chi connectivity index (χ2n) is 4.66. The van der Waals surface area contributed by atoms with Crippen LogP contribution in [0.2, 0.25) is 0 Å². The largest absolute Gasteiger partial charge is 0.312 e. The smallest absolute Gasteiger partial charge is 0.257 e. The van der Waals surface area contributed by atoms with Crippen LogP contribution < -0.4 is 10.6 Å². The predicted molar refractivity (Wildman–Crippen MR) is 81.7 cm³/mol. The maximum absolute atomic E-state index is 12.4. The first kappa shape index (κ1) is 13.3. The van der Waals surface area contributed by atoms with Crippen LogP contribution in [0.4, 0.5) is 5.82 Å². The number of anilines is 1. The third-order valence-electron chi connectivity index (χ3n) is 3.38. The van der Waals surface area contributed by atoms with Crippen molar-refractivity contribution in [3.8, 4) is 0 Å². The lowest BCUT2D eigenvalue weighted by molar-refractivity contribution is 0.102. The minimum Gasteiger partial charge on any atom is -0.312 e. The van der Waals surface area contributed by atoms with Crippen molar-refractivity contribution >= 4 is 27.7 Å². The molecule has 0 saturated heterocycles. The van der Waals surface area contributed by atoms with Crippen molar-refractivity contribution in [1.29, 1.82) is 0 Å². The Morgan fingerprint density at radius 1 is 1.30 bits per heavy atom. The number of amides is 1. The molecule has 0 spiro atoms. The Balaban J connectivity index is 1.90. The molecule has 0 fully saturated rings. The van der Waals surface area contributed by atoms with Crippen molar-refractivity contribution in [3.63, 3.8) is 0 Å². The Hall–Kier alpha value is -1.72. The quantitative estimate of drug-likeness (QED) is 0.889. The van der Waals surface area contributed by atoms with E-state index in [2.05, 4.69) is 37.6 Å². The van der Waals surface area contributed by atoms with Gasteiger partial charge in [0, 0.05) is 18.3 Å². The molecule has 1 amide bonds. The minimum atomic E-state index is -0.108. The Labute approximate surface area is 125 Å². The first-order chi connectivity index (χ1) is 9.75. The summed E-state index contributed by atoms with van der Waals surface area (Å²) in [4.78, 5) is 16.6. The number of fused-ring (bicyclic) bond motifs is 1. The fourth-order valence-corrected chi connectivity index (χ4v) is 2.75. The summed E-state index contributed by atoms with van der Waals surface area (Å²) in [6, 6.07) is 9.53. The zero-order valence-electron chi connectivity index (χ0n) is 10.8. The van der Waals surface area contributed by atoms with Gasteiger partial charge < -0.3 is 10.6 Å². The summed E-state index contributed by atoms with van der Waals surface area (Å²) in [5, 5.41) is 6.17. The lowest BCUT2D eigenvalue weighted by Crippen LogP contribution is -2.26. The van der Waals surface area contributed by atoms with E-state index in [-0.39, 0.29) is 5.91 Å². The highest BCUT2D eigenvalue weighted by molar-refractivity contribution is 9.10. The molecule has 1 aromatic heterocycles. The lowest BCUT2D eigenvalue weighted by Gasteiger charge is -2.19. The molecule has 0 radical (unpaired) electrons. The summed E-state index contributed by atoms with van der Waals surface area (Å²) >= 11 is 3.38. The third-order valence-corrected chi connectivity index (χ3v) is 4.02. The summed E-state index contributed by atoms with van der Waals surface area (Å²) in [6.45, 7) is 1.73. The Kier molecular flexibility index (Phi) is 3.80. The second kappa shape index (κ2) is 5.73. The van der Waals surface area contributed by atoms with Crippen LogP contribution in [-0.2, 0) is 13.0 Å². The van der Waals surface area contributed by atoms with Crippen LogP contribution in [0.15, 0.2) is 41.0 Å². The zero-order valence-corrected chi connectivity index (χ0v) is 12.4. The van der Waals surface area contributed by atoms with Crippen molar-refractivity contribution in [3.05, 3.63) is 57.7 Å². The second-order valence-corrected chi connectivity index (χ2v) is 5.51. The summed E-state index contributed by atoms with van der Waals surface area (Å²) in [6.07, 6.45) is 2.53. The topological polar surface area (TPSA) is 54.0 Å². The Bertz CT molecular complexity index is 657. The predicted octanol–water partition coefficient (Wildman–Crippen LogP) is 2.74. The molecule has 1 aliphatic heterocycles. The summed E-state index contributed by atoms with van der Waals surface area (Å²) < 4.78 is 0.778. The number of nitrogens with one attached hydrogen (secondary N) is 2. The number of benzene rings is 1. The number of hydrogen-bond acceptors (Lipinski definition) is 3. The van der Waals surface area contributed by atoms with E-state index < -0.39 is 0 Å². The fraction of sp³-hybridized carbons (Fsp3) is 0.200. The van der Waals surface area contributed by atoms with Crippen molar-refractivity contribution in [2.75, 3.05) is 11.9 Å². The molecule has 0 aliphatic carbocycles. The molecule has 2 N–H and O–H groups in total. The van der Waals surface area contributed by atoms with Crippen LogP contribution in [0.25, 0.3) is 0 Å². The maximum Gasteiger partial charge on any atom is 0.257 e. The summed E-state index contributed by atoms with van der Waals surface area (Å²) in [7, 11) is 0. The van der Waals surface area contributed by atoms with E-state index in [0.717, 1.165) is 35.1 Å². The first-order valence-electron chi connectivity index (χ1n) is 6.49. The molecule has 2 heterocycles. The average molecular weight is 332 g/mol. The van der Waals surface area contributed by atoms with Gasteiger partial charge in [0.25, 0.3) is 5.91 Å². The average Bonchev–Trinajstić information content (AvgIpc) is 2.49. The van der Waals surface area contributed by atoms with E-state index in [9.17, 15) is 4.79 Å². The molecule has 4 nitrogen and oxygen atoms in total. The van der Waals surface area contributed by atoms with Crippen molar-refractivity contribution < 1.29 is 4.79 Å². The summed E-state index contributed by atoms with van der Waals surface area (Å²) in [5.41, 5.74) is 3.07. The number of carbonyl (C=O) groups is 1. The standard InChI is InChI=1S/C15H14BrN3O/c16-13-5-2-7-18-14(13)19-15(20)12-4-1-3-10-9-17-8-6-11(10)12/h1-5,7,17H,6,8-9H2,(H,18,19,20). The fourth-order valence-electron chi connectivity index (χ4n) is 2.40. The van der Waals surface area contributed by atoms with Gasteiger partial charge in [-0.1, -0.05) is 12.1 Å². The normalized spacial score (nSPS) is 13.7. The monoisotopic (exact) mass is 331 g/mol. The van der Waals surface area contributed by atoms with E-state index in [1.54, 1.807) is 6.20 Å². The molecule has 102 valence electrons. The minimum absolute atomic E-state index is 0.108. The molecule has 5 heteroatoms. The van der Waals surface area contributed by atoms with Gasteiger partial charge in [-0.25, -0.2) is 4.98 Å². The van der Waals surface area contributed by atoms with Crippen LogP contribution in [0.5, 0.6) is 0 Å². The van der Waals surface area contributed by atoms with Gasteiger partial charge in [-0.2, -0.15) is 0 Å². The third kappa shape index (κ3) is 2.59. The molecular weight excluding hydrogens is 318 g/mol. The van der Waals surface area contributed by atoms with Gasteiger partial charge in [-0.15, -0.1) is 0 Å².